The van der Waals surface area contributed by atoms with Crippen LogP contribution in [0.3, 0.4) is 0 Å². The highest BCUT2D eigenvalue weighted by Crippen LogP contribution is 2.22. The lowest BCUT2D eigenvalue weighted by atomic mass is 10.1. The monoisotopic (exact) mass is 268 g/mol. The van der Waals surface area contributed by atoms with Crippen LogP contribution in [0.5, 0.6) is 0 Å². The van der Waals surface area contributed by atoms with E-state index in [-0.39, 0.29) is 5.56 Å². The Bertz CT molecular complexity index is 676. The van der Waals surface area contributed by atoms with E-state index in [4.69, 9.17) is 5.26 Å². The van der Waals surface area contributed by atoms with Gasteiger partial charge in [-0.2, -0.15) is 5.26 Å². The molecule has 100 valence electrons. The van der Waals surface area contributed by atoms with E-state index in [2.05, 4.69) is 6.07 Å². The molecule has 20 heavy (non-hydrogen) atoms. The summed E-state index contributed by atoms with van der Waals surface area (Å²) >= 11 is 0. The molecule has 0 unspecified atom stereocenters. The second-order valence-electron chi connectivity index (χ2n) is 4.46. The van der Waals surface area contributed by atoms with E-state index in [0.717, 1.165) is 5.56 Å². The van der Waals surface area contributed by atoms with Crippen LogP contribution in [-0.2, 0) is 6.54 Å². The number of rotatable bonds is 4. The molecule has 4 heteroatoms. The van der Waals surface area contributed by atoms with Gasteiger partial charge >= 0.3 is 0 Å². The van der Waals surface area contributed by atoms with Gasteiger partial charge in [-0.15, -0.1) is 0 Å². The Morgan fingerprint density at radius 3 is 2.75 bits per heavy atom. The van der Waals surface area contributed by atoms with Gasteiger partial charge in [-0.1, -0.05) is 18.2 Å². The fourth-order valence-corrected chi connectivity index (χ4v) is 2.07. The van der Waals surface area contributed by atoms with E-state index in [9.17, 15) is 9.18 Å². The molecule has 2 rings (SSSR count). The fraction of sp³-hybridized carbons (Fsp3) is 0.125. The largest absolute Gasteiger partial charge is 0.370 e. The minimum absolute atomic E-state index is 0.0476. The lowest BCUT2D eigenvalue weighted by Crippen LogP contribution is -2.18. The minimum Gasteiger partial charge on any atom is -0.370 e. The number of nitrogens with zero attached hydrogens (tertiary/aromatic N) is 2. The van der Waals surface area contributed by atoms with Crippen molar-refractivity contribution in [3.8, 4) is 6.07 Å². The number of hydrogen-bond donors (Lipinski definition) is 0. The summed E-state index contributed by atoms with van der Waals surface area (Å²) in [7, 11) is 1.78. The summed E-state index contributed by atoms with van der Waals surface area (Å²) in [5, 5.41) is 8.87. The molecule has 0 amide bonds. The van der Waals surface area contributed by atoms with Crippen molar-refractivity contribution in [2.75, 3.05) is 11.9 Å². The van der Waals surface area contributed by atoms with Gasteiger partial charge in [0.2, 0.25) is 0 Å². The highest BCUT2D eigenvalue weighted by atomic mass is 19.1. The number of carbonyl (C=O) groups is 1. The molecule has 0 aliphatic rings. The lowest BCUT2D eigenvalue weighted by molar-refractivity contribution is 0.112. The lowest BCUT2D eigenvalue weighted by Gasteiger charge is -2.21. The quantitative estimate of drug-likeness (QED) is 0.800. The van der Waals surface area contributed by atoms with Crippen LogP contribution in [0.25, 0.3) is 0 Å². The molecule has 0 aromatic heterocycles. The molecule has 3 nitrogen and oxygen atoms in total. The number of hydrogen-bond acceptors (Lipinski definition) is 3. The van der Waals surface area contributed by atoms with Crippen molar-refractivity contribution in [2.45, 2.75) is 6.54 Å². The van der Waals surface area contributed by atoms with Gasteiger partial charge < -0.3 is 4.90 Å². The molecular weight excluding hydrogens is 255 g/mol. The van der Waals surface area contributed by atoms with Crippen LogP contribution in [0.2, 0.25) is 0 Å². The molecule has 0 saturated heterocycles. The Morgan fingerprint density at radius 2 is 2.05 bits per heavy atom. The molecule has 0 heterocycles. The highest BCUT2D eigenvalue weighted by Gasteiger charge is 2.11. The third-order valence-electron chi connectivity index (χ3n) is 3.03. The van der Waals surface area contributed by atoms with Gasteiger partial charge in [-0.25, -0.2) is 4.39 Å². The number of aldehydes is 1. The van der Waals surface area contributed by atoms with Crippen LogP contribution in [0.15, 0.2) is 42.5 Å². The number of halogens is 1. The van der Waals surface area contributed by atoms with E-state index in [1.54, 1.807) is 42.3 Å². The van der Waals surface area contributed by atoms with Crippen molar-refractivity contribution in [2.24, 2.45) is 0 Å². The Hall–Kier alpha value is -2.67. The SMILES string of the molecule is CN(Cc1cccc(C#N)c1)c1cccc(F)c1C=O. The van der Waals surface area contributed by atoms with Crippen LogP contribution in [-0.4, -0.2) is 13.3 Å². The van der Waals surface area contributed by atoms with Gasteiger partial charge in [-0.05, 0) is 29.8 Å². The Morgan fingerprint density at radius 1 is 1.30 bits per heavy atom. The molecule has 0 aliphatic heterocycles. The summed E-state index contributed by atoms with van der Waals surface area (Å²) in [4.78, 5) is 12.8. The standard InChI is InChI=1S/C16H13FN2O/c1-19(10-13-5-2-4-12(8-13)9-18)16-7-3-6-15(17)14(16)11-20/h2-8,11H,10H2,1H3. The van der Waals surface area contributed by atoms with E-state index >= 15 is 0 Å². The van der Waals surface area contributed by atoms with Gasteiger partial charge in [-0.3, -0.25) is 4.79 Å². The average Bonchev–Trinajstić information content (AvgIpc) is 2.47. The molecule has 0 radical (unpaired) electrons. The number of carbonyl (C=O) groups excluding carboxylic acids is 1. The molecule has 0 atom stereocenters. The molecule has 0 aliphatic carbocycles. The summed E-state index contributed by atoms with van der Waals surface area (Å²) in [6.45, 7) is 0.486. The van der Waals surface area contributed by atoms with Crippen molar-refractivity contribution in [1.29, 1.82) is 5.26 Å². The smallest absolute Gasteiger partial charge is 0.155 e. The molecule has 0 saturated carbocycles. The molecule has 2 aromatic carbocycles. The normalized spacial score (nSPS) is 9.85. The van der Waals surface area contributed by atoms with E-state index in [1.165, 1.54) is 6.07 Å². The molecule has 0 fully saturated rings. The molecule has 0 N–H and O–H groups in total. The van der Waals surface area contributed by atoms with Crippen LogP contribution in [0.1, 0.15) is 21.5 Å². The maximum atomic E-state index is 13.6. The number of benzene rings is 2. The van der Waals surface area contributed by atoms with Crippen molar-refractivity contribution in [1.82, 2.24) is 0 Å². The van der Waals surface area contributed by atoms with E-state index in [1.807, 2.05) is 6.07 Å². The summed E-state index contributed by atoms with van der Waals surface area (Å²) in [5.74, 6) is -0.532. The Labute approximate surface area is 116 Å². The topological polar surface area (TPSA) is 44.1 Å². The Balaban J connectivity index is 2.28. The molecular formula is C16H13FN2O. The summed E-state index contributed by atoms with van der Waals surface area (Å²) < 4.78 is 13.6. The minimum atomic E-state index is -0.532. The molecule has 0 bridgehead atoms. The van der Waals surface area contributed by atoms with Crippen LogP contribution >= 0.6 is 0 Å². The van der Waals surface area contributed by atoms with E-state index < -0.39 is 5.82 Å². The summed E-state index contributed by atoms with van der Waals surface area (Å²) in [5.41, 5.74) is 2.08. The zero-order valence-corrected chi connectivity index (χ0v) is 11.0. The third kappa shape index (κ3) is 2.83. The third-order valence-corrected chi connectivity index (χ3v) is 3.03. The first-order chi connectivity index (χ1) is 9.65. The van der Waals surface area contributed by atoms with E-state index in [0.29, 0.717) is 24.1 Å². The van der Waals surface area contributed by atoms with Crippen molar-refractivity contribution >= 4 is 12.0 Å². The first kappa shape index (κ1) is 13.8. The number of anilines is 1. The molecule has 0 spiro atoms. The van der Waals surface area contributed by atoms with Gasteiger partial charge in [0.15, 0.2) is 6.29 Å². The van der Waals surface area contributed by atoms with Gasteiger partial charge in [0.05, 0.1) is 22.9 Å². The van der Waals surface area contributed by atoms with Gasteiger partial charge in [0, 0.05) is 13.6 Å². The first-order valence-electron chi connectivity index (χ1n) is 6.09. The van der Waals surface area contributed by atoms with Crippen molar-refractivity contribution in [3.05, 3.63) is 65.0 Å². The van der Waals surface area contributed by atoms with Crippen LogP contribution in [0, 0.1) is 17.1 Å². The maximum absolute atomic E-state index is 13.6. The van der Waals surface area contributed by atoms with Crippen LogP contribution in [0.4, 0.5) is 10.1 Å². The fourth-order valence-electron chi connectivity index (χ4n) is 2.07. The average molecular weight is 268 g/mol. The maximum Gasteiger partial charge on any atom is 0.155 e. The predicted molar refractivity (Wildman–Crippen MR) is 75.1 cm³/mol. The van der Waals surface area contributed by atoms with Crippen molar-refractivity contribution < 1.29 is 9.18 Å². The zero-order valence-electron chi connectivity index (χ0n) is 11.0. The first-order valence-corrected chi connectivity index (χ1v) is 6.09. The van der Waals surface area contributed by atoms with Crippen molar-refractivity contribution in [3.63, 3.8) is 0 Å². The van der Waals surface area contributed by atoms with Crippen LogP contribution < -0.4 is 4.90 Å². The Kier molecular flexibility index (Phi) is 4.11. The summed E-state index contributed by atoms with van der Waals surface area (Å²) in [6.07, 6.45) is 0.521. The van der Waals surface area contributed by atoms with Gasteiger partial charge in [0.1, 0.15) is 5.82 Å². The summed E-state index contributed by atoms with van der Waals surface area (Å²) in [6, 6.07) is 13.8. The highest BCUT2D eigenvalue weighted by molar-refractivity contribution is 5.84. The second-order valence-corrected chi connectivity index (χ2v) is 4.46. The predicted octanol–water partition coefficient (Wildman–Crippen LogP) is 3.15. The zero-order chi connectivity index (χ0) is 14.5. The number of nitriles is 1. The second kappa shape index (κ2) is 5.98. The van der Waals surface area contributed by atoms with Gasteiger partial charge in [0.25, 0.3) is 0 Å². The molecule has 2 aromatic rings.